The molecule has 116 valence electrons. The van der Waals surface area contributed by atoms with Gasteiger partial charge in [-0.1, -0.05) is 18.2 Å². The van der Waals surface area contributed by atoms with Gasteiger partial charge in [-0.3, -0.25) is 4.79 Å². The van der Waals surface area contributed by atoms with E-state index in [4.69, 9.17) is 0 Å². The smallest absolute Gasteiger partial charge is 0.405 e. The Kier molecular flexibility index (Phi) is 4.72. The third-order valence-electron chi connectivity index (χ3n) is 3.39. The maximum absolute atomic E-state index is 12.4. The quantitative estimate of drug-likeness (QED) is 0.926. The van der Waals surface area contributed by atoms with E-state index in [1.54, 1.807) is 13.1 Å². The molecule has 1 heterocycles. The minimum atomic E-state index is -4.74. The molecular formula is C14H17F3N2O2. The van der Waals surface area contributed by atoms with Gasteiger partial charge >= 0.3 is 6.36 Å². The molecular weight excluding hydrogens is 285 g/mol. The average Bonchev–Trinajstić information content (AvgIpc) is 2.92. The molecule has 0 spiro atoms. The van der Waals surface area contributed by atoms with Crippen LogP contribution in [0.4, 0.5) is 13.2 Å². The molecule has 1 aromatic carbocycles. The normalized spacial score (nSPS) is 18.6. The topological polar surface area (TPSA) is 41.6 Å². The van der Waals surface area contributed by atoms with Crippen molar-refractivity contribution in [3.8, 4) is 5.75 Å². The number of nitrogens with zero attached hydrogens (tertiary/aromatic N) is 1. The zero-order valence-electron chi connectivity index (χ0n) is 11.6. The highest BCUT2D eigenvalue weighted by molar-refractivity contribution is 5.79. The van der Waals surface area contributed by atoms with Crippen LogP contribution >= 0.6 is 0 Å². The number of nitrogens with one attached hydrogen (secondary N) is 1. The van der Waals surface area contributed by atoms with E-state index in [0.29, 0.717) is 12.1 Å². The molecule has 0 bridgehead atoms. The van der Waals surface area contributed by atoms with Crippen LogP contribution in [0.1, 0.15) is 12.0 Å². The summed E-state index contributed by atoms with van der Waals surface area (Å²) in [7, 11) is 1.59. The zero-order valence-corrected chi connectivity index (χ0v) is 11.6. The number of hydrogen-bond donors (Lipinski definition) is 1. The van der Waals surface area contributed by atoms with Gasteiger partial charge in [0.1, 0.15) is 5.75 Å². The Balaban J connectivity index is 2.06. The van der Waals surface area contributed by atoms with Crippen LogP contribution in [0.5, 0.6) is 5.75 Å². The molecule has 1 saturated heterocycles. The highest BCUT2D eigenvalue weighted by Crippen LogP contribution is 2.27. The number of para-hydroxylation sites is 1. The number of carbonyl (C=O) groups excluding carboxylic acids is 1. The van der Waals surface area contributed by atoms with Crippen molar-refractivity contribution in [3.63, 3.8) is 0 Å². The van der Waals surface area contributed by atoms with Crippen molar-refractivity contribution in [1.82, 2.24) is 10.2 Å². The predicted molar refractivity (Wildman–Crippen MR) is 70.6 cm³/mol. The molecule has 21 heavy (non-hydrogen) atoms. The Morgan fingerprint density at radius 1 is 1.43 bits per heavy atom. The standard InChI is InChI=1S/C14H17F3N2O2/c1-19(13(20)10-6-7-18-8-10)9-11-4-2-3-5-12(11)21-14(15,16)17/h2-5,10,18H,6-9H2,1H3. The highest BCUT2D eigenvalue weighted by Gasteiger charge is 2.32. The number of carbonyl (C=O) groups is 1. The maximum atomic E-state index is 12.4. The number of ether oxygens (including phenoxy) is 1. The van der Waals surface area contributed by atoms with Gasteiger partial charge in [0.25, 0.3) is 0 Å². The van der Waals surface area contributed by atoms with Crippen molar-refractivity contribution in [2.24, 2.45) is 5.92 Å². The van der Waals surface area contributed by atoms with E-state index in [-0.39, 0.29) is 24.1 Å². The average molecular weight is 302 g/mol. The van der Waals surface area contributed by atoms with Gasteiger partial charge < -0.3 is 15.0 Å². The van der Waals surface area contributed by atoms with Gasteiger partial charge in [0.15, 0.2) is 0 Å². The first-order valence-corrected chi connectivity index (χ1v) is 6.66. The van der Waals surface area contributed by atoms with Crippen molar-refractivity contribution in [2.75, 3.05) is 20.1 Å². The van der Waals surface area contributed by atoms with Crippen molar-refractivity contribution in [2.45, 2.75) is 19.3 Å². The third-order valence-corrected chi connectivity index (χ3v) is 3.39. The van der Waals surface area contributed by atoms with E-state index in [1.165, 1.54) is 23.1 Å². The summed E-state index contributed by atoms with van der Waals surface area (Å²) >= 11 is 0. The number of halogens is 3. The van der Waals surface area contributed by atoms with E-state index >= 15 is 0 Å². The van der Waals surface area contributed by atoms with E-state index in [2.05, 4.69) is 10.1 Å². The lowest BCUT2D eigenvalue weighted by molar-refractivity contribution is -0.275. The predicted octanol–water partition coefficient (Wildman–Crippen LogP) is 2.15. The summed E-state index contributed by atoms with van der Waals surface area (Å²) in [4.78, 5) is 13.6. The van der Waals surface area contributed by atoms with Crippen LogP contribution in [0.2, 0.25) is 0 Å². The lowest BCUT2D eigenvalue weighted by atomic mass is 10.1. The molecule has 0 radical (unpaired) electrons. The lowest BCUT2D eigenvalue weighted by Gasteiger charge is -2.22. The Bertz CT molecular complexity index is 499. The van der Waals surface area contributed by atoms with Gasteiger partial charge in [-0.2, -0.15) is 0 Å². The van der Waals surface area contributed by atoms with Crippen LogP contribution in [-0.4, -0.2) is 37.3 Å². The third kappa shape index (κ3) is 4.35. The van der Waals surface area contributed by atoms with Gasteiger partial charge in [-0.05, 0) is 19.0 Å². The monoisotopic (exact) mass is 302 g/mol. The van der Waals surface area contributed by atoms with Crippen molar-refractivity contribution in [3.05, 3.63) is 29.8 Å². The number of amides is 1. The van der Waals surface area contributed by atoms with Gasteiger partial charge in [0, 0.05) is 25.7 Å². The first-order valence-electron chi connectivity index (χ1n) is 6.66. The van der Waals surface area contributed by atoms with Crippen LogP contribution in [0.25, 0.3) is 0 Å². The minimum Gasteiger partial charge on any atom is -0.405 e. The Labute approximate surface area is 120 Å². The molecule has 4 nitrogen and oxygen atoms in total. The van der Waals surface area contributed by atoms with E-state index in [9.17, 15) is 18.0 Å². The molecule has 1 N–H and O–H groups in total. The van der Waals surface area contributed by atoms with Gasteiger partial charge in [-0.15, -0.1) is 13.2 Å². The molecule has 2 rings (SSSR count). The second kappa shape index (κ2) is 6.34. The van der Waals surface area contributed by atoms with Crippen molar-refractivity contribution < 1.29 is 22.7 Å². The van der Waals surface area contributed by atoms with Gasteiger partial charge in [0.2, 0.25) is 5.91 Å². The van der Waals surface area contributed by atoms with E-state index in [1.807, 2.05) is 0 Å². The summed E-state index contributed by atoms with van der Waals surface area (Å²) < 4.78 is 41.0. The van der Waals surface area contributed by atoms with E-state index in [0.717, 1.165) is 13.0 Å². The fourth-order valence-corrected chi connectivity index (χ4v) is 2.37. The molecule has 1 amide bonds. The minimum absolute atomic E-state index is 0.0678. The Morgan fingerprint density at radius 2 is 2.14 bits per heavy atom. The fraction of sp³-hybridized carbons (Fsp3) is 0.500. The first kappa shape index (κ1) is 15.6. The molecule has 0 aromatic heterocycles. The van der Waals surface area contributed by atoms with Crippen molar-refractivity contribution >= 4 is 5.91 Å². The Morgan fingerprint density at radius 3 is 2.76 bits per heavy atom. The van der Waals surface area contributed by atoms with Crippen LogP contribution < -0.4 is 10.1 Å². The number of benzene rings is 1. The van der Waals surface area contributed by atoms with Crippen LogP contribution in [0, 0.1) is 5.92 Å². The first-order chi connectivity index (χ1) is 9.87. The molecule has 1 aliphatic heterocycles. The molecule has 1 aliphatic rings. The molecule has 0 saturated carbocycles. The maximum Gasteiger partial charge on any atom is 0.573 e. The Hall–Kier alpha value is -1.76. The zero-order chi connectivity index (χ0) is 15.5. The molecule has 7 heteroatoms. The van der Waals surface area contributed by atoms with Crippen LogP contribution in [-0.2, 0) is 11.3 Å². The van der Waals surface area contributed by atoms with Gasteiger partial charge in [-0.25, -0.2) is 0 Å². The fourth-order valence-electron chi connectivity index (χ4n) is 2.37. The van der Waals surface area contributed by atoms with Gasteiger partial charge in [0.05, 0.1) is 5.92 Å². The molecule has 1 unspecified atom stereocenters. The summed E-state index contributed by atoms with van der Waals surface area (Å²) in [5, 5.41) is 3.09. The van der Waals surface area contributed by atoms with Crippen molar-refractivity contribution in [1.29, 1.82) is 0 Å². The summed E-state index contributed by atoms with van der Waals surface area (Å²) in [6, 6.07) is 5.86. The highest BCUT2D eigenvalue weighted by atomic mass is 19.4. The van der Waals surface area contributed by atoms with Crippen LogP contribution in [0.15, 0.2) is 24.3 Å². The number of rotatable bonds is 4. The second-order valence-electron chi connectivity index (χ2n) is 5.04. The van der Waals surface area contributed by atoms with E-state index < -0.39 is 6.36 Å². The summed E-state index contributed by atoms with van der Waals surface area (Å²) in [5.41, 5.74) is 0.330. The molecule has 1 atom stereocenters. The largest absolute Gasteiger partial charge is 0.573 e. The molecule has 0 aliphatic carbocycles. The molecule has 1 aromatic rings. The summed E-state index contributed by atoms with van der Waals surface area (Å²) in [5.74, 6) is -0.443. The second-order valence-corrected chi connectivity index (χ2v) is 5.04. The van der Waals surface area contributed by atoms with Crippen LogP contribution in [0.3, 0.4) is 0 Å². The summed E-state index contributed by atoms with van der Waals surface area (Å²) in [6.45, 7) is 1.49. The number of hydrogen-bond acceptors (Lipinski definition) is 3. The lowest BCUT2D eigenvalue weighted by Crippen LogP contribution is -2.33. The molecule has 1 fully saturated rings. The number of alkyl halides is 3. The SMILES string of the molecule is CN(Cc1ccccc1OC(F)(F)F)C(=O)C1CCNC1. The summed E-state index contributed by atoms with van der Waals surface area (Å²) in [6.07, 6.45) is -3.99.